The summed E-state index contributed by atoms with van der Waals surface area (Å²) in [6.45, 7) is 4.44. The zero-order chi connectivity index (χ0) is 12.1. The van der Waals surface area contributed by atoms with Gasteiger partial charge in [0.05, 0.1) is 19.3 Å². The second-order valence-corrected chi connectivity index (χ2v) is 4.33. The normalized spacial score (nSPS) is 21.8. The van der Waals surface area contributed by atoms with Crippen LogP contribution in [-0.4, -0.2) is 58.7 Å². The summed E-state index contributed by atoms with van der Waals surface area (Å²) in [7, 11) is 0. The second-order valence-electron chi connectivity index (χ2n) is 4.33. The van der Waals surface area contributed by atoms with Gasteiger partial charge in [-0.05, 0) is 12.5 Å². The molecule has 3 N–H and O–H groups in total. The number of hydrogen-bond acceptors (Lipinski definition) is 5. The average molecular weight is 240 g/mol. The van der Waals surface area contributed by atoms with Crippen molar-refractivity contribution in [2.24, 2.45) is 0 Å². The van der Waals surface area contributed by atoms with Crippen molar-refractivity contribution in [2.75, 3.05) is 38.6 Å². The number of aryl methyl sites for hydroxylation is 1. The van der Waals surface area contributed by atoms with E-state index in [0.29, 0.717) is 12.4 Å². The summed E-state index contributed by atoms with van der Waals surface area (Å²) in [5, 5.41) is 13.2. The predicted molar refractivity (Wildman–Crippen MR) is 64.5 cm³/mol. The molecule has 1 aromatic rings. The molecule has 1 unspecified atom stereocenters. The molecule has 0 spiro atoms. The third-order valence-electron chi connectivity index (χ3n) is 2.95. The van der Waals surface area contributed by atoms with E-state index < -0.39 is 0 Å². The highest BCUT2D eigenvalue weighted by Crippen LogP contribution is 2.06. The highest BCUT2D eigenvalue weighted by Gasteiger charge is 2.18. The Bertz CT molecular complexity index is 342. The molecule has 0 aromatic carbocycles. The van der Waals surface area contributed by atoms with Crippen LogP contribution < -0.4 is 5.73 Å². The summed E-state index contributed by atoms with van der Waals surface area (Å²) < 4.78 is 7.26. The Hall–Kier alpha value is -1.11. The fraction of sp³-hybridized carbons (Fsp3) is 0.727. The lowest BCUT2D eigenvalue weighted by molar-refractivity contribution is -0.0530. The van der Waals surface area contributed by atoms with E-state index in [-0.39, 0.29) is 12.7 Å². The van der Waals surface area contributed by atoms with Gasteiger partial charge < -0.3 is 15.6 Å². The molecule has 17 heavy (non-hydrogen) atoms. The maximum absolute atomic E-state index is 9.04. The molecule has 6 heteroatoms. The van der Waals surface area contributed by atoms with Gasteiger partial charge in [0.25, 0.3) is 0 Å². The van der Waals surface area contributed by atoms with Crippen LogP contribution in [0, 0.1) is 0 Å². The first-order valence-corrected chi connectivity index (χ1v) is 6.01. The minimum Gasteiger partial charge on any atom is -0.394 e. The third-order valence-corrected chi connectivity index (χ3v) is 2.95. The van der Waals surface area contributed by atoms with Crippen molar-refractivity contribution >= 4 is 5.82 Å². The third kappa shape index (κ3) is 3.69. The van der Waals surface area contributed by atoms with Crippen LogP contribution >= 0.6 is 0 Å². The number of aromatic nitrogens is 2. The maximum atomic E-state index is 9.04. The number of anilines is 1. The van der Waals surface area contributed by atoms with Crippen molar-refractivity contribution in [1.82, 2.24) is 14.7 Å². The highest BCUT2D eigenvalue weighted by atomic mass is 16.5. The Morgan fingerprint density at radius 2 is 2.41 bits per heavy atom. The van der Waals surface area contributed by atoms with Gasteiger partial charge in [-0.3, -0.25) is 9.58 Å². The van der Waals surface area contributed by atoms with Gasteiger partial charge in [-0.25, -0.2) is 0 Å². The number of rotatable bonds is 5. The molecule has 0 radical (unpaired) electrons. The van der Waals surface area contributed by atoms with E-state index in [4.69, 9.17) is 15.6 Å². The van der Waals surface area contributed by atoms with Gasteiger partial charge in [0.1, 0.15) is 5.82 Å². The second kappa shape index (κ2) is 6.00. The van der Waals surface area contributed by atoms with E-state index in [1.165, 1.54) is 0 Å². The van der Waals surface area contributed by atoms with E-state index in [1.54, 1.807) is 6.07 Å². The molecule has 6 nitrogen and oxygen atoms in total. The molecule has 96 valence electrons. The largest absolute Gasteiger partial charge is 0.394 e. The van der Waals surface area contributed by atoms with E-state index in [9.17, 15) is 0 Å². The van der Waals surface area contributed by atoms with Gasteiger partial charge >= 0.3 is 0 Å². The Morgan fingerprint density at radius 3 is 3.12 bits per heavy atom. The van der Waals surface area contributed by atoms with Crippen molar-refractivity contribution in [3.63, 3.8) is 0 Å². The number of aliphatic hydroxyl groups excluding tert-OH is 1. The van der Waals surface area contributed by atoms with Gasteiger partial charge in [-0.1, -0.05) is 0 Å². The lowest BCUT2D eigenvalue weighted by Crippen LogP contribution is -2.44. The molecule has 2 heterocycles. The van der Waals surface area contributed by atoms with Gasteiger partial charge in [-0.2, -0.15) is 5.10 Å². The number of nitrogens with zero attached hydrogens (tertiary/aromatic N) is 3. The first-order valence-electron chi connectivity index (χ1n) is 6.01. The fourth-order valence-electron chi connectivity index (χ4n) is 2.05. The van der Waals surface area contributed by atoms with Crippen molar-refractivity contribution in [3.8, 4) is 0 Å². The molecular formula is C11H20N4O2. The average Bonchev–Trinajstić information content (AvgIpc) is 2.75. The first-order chi connectivity index (χ1) is 8.28. The van der Waals surface area contributed by atoms with Crippen molar-refractivity contribution < 1.29 is 9.84 Å². The van der Waals surface area contributed by atoms with E-state index in [2.05, 4.69) is 10.00 Å². The van der Waals surface area contributed by atoms with Gasteiger partial charge in [0, 0.05) is 32.4 Å². The molecule has 1 aromatic heterocycles. The molecule has 1 saturated heterocycles. The number of nitrogens with two attached hydrogens (primary N) is 1. The minimum atomic E-state index is -0.0240. The van der Waals surface area contributed by atoms with Crippen LogP contribution in [0.1, 0.15) is 6.42 Å². The van der Waals surface area contributed by atoms with Crippen LogP contribution in [0.2, 0.25) is 0 Å². The SMILES string of the molecule is Nc1ccn(CCCN2CCOC(CO)C2)n1. The Kier molecular flexibility index (Phi) is 4.36. The van der Waals surface area contributed by atoms with Crippen LogP contribution in [0.5, 0.6) is 0 Å². The van der Waals surface area contributed by atoms with Crippen molar-refractivity contribution in [1.29, 1.82) is 0 Å². The molecule has 0 amide bonds. The minimum absolute atomic E-state index is 0.0240. The van der Waals surface area contributed by atoms with Crippen LogP contribution in [0.3, 0.4) is 0 Å². The monoisotopic (exact) mass is 240 g/mol. The molecular weight excluding hydrogens is 220 g/mol. The fourth-order valence-corrected chi connectivity index (χ4v) is 2.05. The van der Waals surface area contributed by atoms with Crippen molar-refractivity contribution in [3.05, 3.63) is 12.3 Å². The van der Waals surface area contributed by atoms with Gasteiger partial charge in [-0.15, -0.1) is 0 Å². The lowest BCUT2D eigenvalue weighted by Gasteiger charge is -2.31. The first kappa shape index (κ1) is 12.3. The zero-order valence-corrected chi connectivity index (χ0v) is 9.96. The number of ether oxygens (including phenoxy) is 1. The standard InChI is InChI=1S/C11H20N4O2/c12-11-2-5-15(13-11)4-1-3-14-6-7-17-10(8-14)9-16/h2,5,10,16H,1,3-4,6-9H2,(H2,12,13). The number of morpholine rings is 1. The molecule has 0 saturated carbocycles. The highest BCUT2D eigenvalue weighted by molar-refractivity contribution is 5.23. The Balaban J connectivity index is 1.68. The summed E-state index contributed by atoms with van der Waals surface area (Å²) in [4.78, 5) is 2.32. The molecule has 0 bridgehead atoms. The Labute approximate surface area is 101 Å². The number of nitrogen functional groups attached to an aromatic ring is 1. The van der Waals surface area contributed by atoms with Gasteiger partial charge in [0.15, 0.2) is 0 Å². The molecule has 1 aliphatic rings. The predicted octanol–water partition coefficient (Wildman–Crippen LogP) is -0.452. The van der Waals surface area contributed by atoms with Crippen LogP contribution in [0.4, 0.5) is 5.82 Å². The topological polar surface area (TPSA) is 76.5 Å². The van der Waals surface area contributed by atoms with Gasteiger partial charge in [0.2, 0.25) is 0 Å². The summed E-state index contributed by atoms with van der Waals surface area (Å²) in [6, 6.07) is 1.80. The summed E-state index contributed by atoms with van der Waals surface area (Å²) in [5.74, 6) is 0.566. The maximum Gasteiger partial charge on any atom is 0.145 e. The molecule has 1 fully saturated rings. The summed E-state index contributed by atoms with van der Waals surface area (Å²) in [6.07, 6.45) is 2.90. The summed E-state index contributed by atoms with van der Waals surface area (Å²) >= 11 is 0. The van der Waals surface area contributed by atoms with E-state index in [0.717, 1.165) is 32.6 Å². The zero-order valence-electron chi connectivity index (χ0n) is 9.96. The summed E-state index contributed by atoms with van der Waals surface area (Å²) in [5.41, 5.74) is 5.54. The van der Waals surface area contributed by atoms with Crippen molar-refractivity contribution in [2.45, 2.75) is 19.1 Å². The van der Waals surface area contributed by atoms with Crippen LogP contribution in [0.25, 0.3) is 0 Å². The van der Waals surface area contributed by atoms with Crippen LogP contribution in [-0.2, 0) is 11.3 Å². The molecule has 0 aliphatic carbocycles. The van der Waals surface area contributed by atoms with E-state index in [1.807, 2.05) is 10.9 Å². The quantitative estimate of drug-likeness (QED) is 0.729. The number of hydrogen-bond donors (Lipinski definition) is 2. The number of aliphatic hydroxyl groups is 1. The molecule has 1 aliphatic heterocycles. The Morgan fingerprint density at radius 1 is 1.53 bits per heavy atom. The smallest absolute Gasteiger partial charge is 0.145 e. The van der Waals surface area contributed by atoms with Crippen LogP contribution in [0.15, 0.2) is 12.3 Å². The molecule has 1 atom stereocenters. The van der Waals surface area contributed by atoms with E-state index >= 15 is 0 Å². The molecule has 2 rings (SSSR count). The lowest BCUT2D eigenvalue weighted by atomic mass is 10.2.